The van der Waals surface area contributed by atoms with Crippen LogP contribution < -0.4 is 10.6 Å². The molecule has 0 fully saturated rings. The number of hydrogen-bond acceptors (Lipinski definition) is 3. The van der Waals surface area contributed by atoms with Crippen molar-refractivity contribution in [1.82, 2.24) is 15.5 Å². The zero-order valence-electron chi connectivity index (χ0n) is 12.2. The minimum absolute atomic E-state index is 0.0229. The molecular weight excluding hydrogens is 238 g/mol. The maximum atomic E-state index is 11.3. The summed E-state index contributed by atoms with van der Waals surface area (Å²) in [7, 11) is 1.77. The van der Waals surface area contributed by atoms with Gasteiger partial charge in [0.25, 0.3) is 0 Å². The number of benzene rings is 1. The van der Waals surface area contributed by atoms with Crippen molar-refractivity contribution in [1.29, 1.82) is 0 Å². The summed E-state index contributed by atoms with van der Waals surface area (Å²) in [6.07, 6.45) is 0. The minimum atomic E-state index is 0.0229. The Balaban J connectivity index is 2.45. The van der Waals surface area contributed by atoms with Gasteiger partial charge < -0.3 is 10.6 Å². The van der Waals surface area contributed by atoms with E-state index >= 15 is 0 Å². The Morgan fingerprint density at radius 3 is 2.21 bits per heavy atom. The summed E-state index contributed by atoms with van der Waals surface area (Å²) < 4.78 is 0. The van der Waals surface area contributed by atoms with E-state index in [2.05, 4.69) is 53.6 Å². The van der Waals surface area contributed by atoms with E-state index in [0.717, 1.165) is 25.2 Å². The standard InChI is InChI=1S/C15H25N3O/c1-4-18(5-2)12-14-8-6-13(7-9-14)10-17-15(19)11-16-3/h6-9,16H,4-5,10-12H2,1-3H3,(H,17,19). The Kier molecular flexibility index (Phi) is 7.15. The highest BCUT2D eigenvalue weighted by Crippen LogP contribution is 2.07. The van der Waals surface area contributed by atoms with Gasteiger partial charge in [0.1, 0.15) is 0 Å². The van der Waals surface area contributed by atoms with Crippen molar-refractivity contribution in [3.05, 3.63) is 35.4 Å². The lowest BCUT2D eigenvalue weighted by atomic mass is 10.1. The number of nitrogens with one attached hydrogen (secondary N) is 2. The third-order valence-corrected chi connectivity index (χ3v) is 3.15. The minimum Gasteiger partial charge on any atom is -0.351 e. The molecule has 0 atom stereocenters. The monoisotopic (exact) mass is 263 g/mol. The Morgan fingerprint density at radius 2 is 1.68 bits per heavy atom. The van der Waals surface area contributed by atoms with E-state index in [-0.39, 0.29) is 5.91 Å². The third kappa shape index (κ3) is 5.85. The average molecular weight is 263 g/mol. The summed E-state index contributed by atoms with van der Waals surface area (Å²) >= 11 is 0. The smallest absolute Gasteiger partial charge is 0.234 e. The van der Waals surface area contributed by atoms with Gasteiger partial charge in [0.05, 0.1) is 6.54 Å². The first-order valence-corrected chi connectivity index (χ1v) is 6.91. The van der Waals surface area contributed by atoms with Gasteiger partial charge in [0, 0.05) is 13.1 Å². The Hall–Kier alpha value is -1.39. The molecule has 0 aromatic heterocycles. The summed E-state index contributed by atoms with van der Waals surface area (Å²) in [5.41, 5.74) is 2.45. The molecule has 0 bridgehead atoms. The van der Waals surface area contributed by atoms with Crippen LogP contribution in [0.4, 0.5) is 0 Å². The molecule has 0 heterocycles. The van der Waals surface area contributed by atoms with Crippen LogP contribution in [0.3, 0.4) is 0 Å². The highest BCUT2D eigenvalue weighted by Gasteiger charge is 2.02. The third-order valence-electron chi connectivity index (χ3n) is 3.15. The zero-order valence-corrected chi connectivity index (χ0v) is 12.2. The van der Waals surface area contributed by atoms with Crippen LogP contribution in [-0.4, -0.2) is 37.5 Å². The van der Waals surface area contributed by atoms with Gasteiger partial charge in [0.2, 0.25) is 5.91 Å². The number of amides is 1. The molecule has 4 heteroatoms. The molecule has 1 aromatic carbocycles. The molecule has 1 aromatic rings. The lowest BCUT2D eigenvalue weighted by molar-refractivity contribution is -0.120. The quantitative estimate of drug-likeness (QED) is 0.744. The topological polar surface area (TPSA) is 44.4 Å². The molecule has 0 aliphatic rings. The van der Waals surface area contributed by atoms with Crippen LogP contribution in [0.25, 0.3) is 0 Å². The van der Waals surface area contributed by atoms with Crippen LogP contribution in [0.1, 0.15) is 25.0 Å². The average Bonchev–Trinajstić information content (AvgIpc) is 2.44. The highest BCUT2D eigenvalue weighted by atomic mass is 16.1. The summed E-state index contributed by atoms with van der Waals surface area (Å²) in [5.74, 6) is 0.0229. The largest absolute Gasteiger partial charge is 0.351 e. The van der Waals surface area contributed by atoms with Gasteiger partial charge >= 0.3 is 0 Å². The van der Waals surface area contributed by atoms with Crippen LogP contribution >= 0.6 is 0 Å². The molecule has 0 saturated carbocycles. The number of likely N-dealkylation sites (N-methyl/N-ethyl adjacent to an activating group) is 1. The fourth-order valence-corrected chi connectivity index (χ4v) is 1.89. The first kappa shape index (κ1) is 15.7. The van der Waals surface area contributed by atoms with E-state index in [1.165, 1.54) is 5.56 Å². The number of rotatable bonds is 8. The Labute approximate surface area is 116 Å². The summed E-state index contributed by atoms with van der Waals surface area (Å²) in [6, 6.07) is 8.44. The fourth-order valence-electron chi connectivity index (χ4n) is 1.89. The molecule has 2 N–H and O–H groups in total. The van der Waals surface area contributed by atoms with Gasteiger partial charge in [-0.3, -0.25) is 9.69 Å². The lowest BCUT2D eigenvalue weighted by Gasteiger charge is -2.18. The predicted octanol–water partition coefficient (Wildman–Crippen LogP) is 1.36. The molecular formula is C15H25N3O. The molecule has 19 heavy (non-hydrogen) atoms. The van der Waals surface area contributed by atoms with E-state index in [0.29, 0.717) is 13.1 Å². The Bertz CT molecular complexity index is 371. The molecule has 0 spiro atoms. The molecule has 0 aliphatic carbocycles. The highest BCUT2D eigenvalue weighted by molar-refractivity contribution is 5.77. The Morgan fingerprint density at radius 1 is 1.11 bits per heavy atom. The van der Waals surface area contributed by atoms with Gasteiger partial charge in [-0.05, 0) is 31.3 Å². The zero-order chi connectivity index (χ0) is 14.1. The van der Waals surface area contributed by atoms with Crippen molar-refractivity contribution in [3.63, 3.8) is 0 Å². The number of nitrogens with zero attached hydrogens (tertiary/aromatic N) is 1. The molecule has 4 nitrogen and oxygen atoms in total. The lowest BCUT2D eigenvalue weighted by Crippen LogP contribution is -2.31. The molecule has 0 aliphatic heterocycles. The van der Waals surface area contributed by atoms with Crippen molar-refractivity contribution < 1.29 is 4.79 Å². The van der Waals surface area contributed by atoms with Crippen LogP contribution in [0.2, 0.25) is 0 Å². The van der Waals surface area contributed by atoms with Crippen molar-refractivity contribution in [3.8, 4) is 0 Å². The van der Waals surface area contributed by atoms with E-state index in [4.69, 9.17) is 0 Å². The summed E-state index contributed by atoms with van der Waals surface area (Å²) in [5, 5.41) is 5.70. The molecule has 0 saturated heterocycles. The van der Waals surface area contributed by atoms with Crippen molar-refractivity contribution in [2.75, 3.05) is 26.7 Å². The predicted molar refractivity (Wildman–Crippen MR) is 78.8 cm³/mol. The first-order valence-electron chi connectivity index (χ1n) is 6.91. The van der Waals surface area contributed by atoms with E-state index < -0.39 is 0 Å². The van der Waals surface area contributed by atoms with Crippen molar-refractivity contribution in [2.24, 2.45) is 0 Å². The van der Waals surface area contributed by atoms with E-state index in [1.807, 2.05) is 0 Å². The van der Waals surface area contributed by atoms with Crippen molar-refractivity contribution >= 4 is 5.91 Å². The molecule has 106 valence electrons. The fraction of sp³-hybridized carbons (Fsp3) is 0.533. The van der Waals surface area contributed by atoms with E-state index in [9.17, 15) is 4.79 Å². The molecule has 1 amide bonds. The number of carbonyl (C=O) groups excluding carboxylic acids is 1. The van der Waals surface area contributed by atoms with Gasteiger partial charge in [-0.2, -0.15) is 0 Å². The van der Waals surface area contributed by atoms with Gasteiger partial charge in [-0.15, -0.1) is 0 Å². The van der Waals surface area contributed by atoms with Gasteiger partial charge in [-0.1, -0.05) is 38.1 Å². The maximum absolute atomic E-state index is 11.3. The molecule has 0 unspecified atom stereocenters. The first-order chi connectivity index (χ1) is 9.19. The second-order valence-electron chi connectivity index (χ2n) is 4.58. The number of hydrogen-bond donors (Lipinski definition) is 2. The SMILES string of the molecule is CCN(CC)Cc1ccc(CNC(=O)CNC)cc1. The van der Waals surface area contributed by atoms with Crippen LogP contribution in [-0.2, 0) is 17.9 Å². The maximum Gasteiger partial charge on any atom is 0.234 e. The van der Waals surface area contributed by atoms with Crippen LogP contribution in [0.15, 0.2) is 24.3 Å². The molecule has 0 radical (unpaired) electrons. The van der Waals surface area contributed by atoms with E-state index in [1.54, 1.807) is 7.05 Å². The second kappa shape index (κ2) is 8.67. The van der Waals surface area contributed by atoms with Crippen molar-refractivity contribution in [2.45, 2.75) is 26.9 Å². The molecule has 1 rings (SSSR count). The van der Waals surface area contributed by atoms with Crippen LogP contribution in [0.5, 0.6) is 0 Å². The summed E-state index contributed by atoms with van der Waals surface area (Å²) in [4.78, 5) is 13.7. The number of carbonyl (C=O) groups is 1. The normalized spacial score (nSPS) is 10.7. The summed E-state index contributed by atoms with van der Waals surface area (Å²) in [6.45, 7) is 8.42. The van der Waals surface area contributed by atoms with Crippen LogP contribution in [0, 0.1) is 0 Å². The van der Waals surface area contributed by atoms with Gasteiger partial charge in [-0.25, -0.2) is 0 Å². The second-order valence-corrected chi connectivity index (χ2v) is 4.58. The van der Waals surface area contributed by atoms with Gasteiger partial charge in [0.15, 0.2) is 0 Å².